The van der Waals surface area contributed by atoms with Crippen molar-refractivity contribution in [3.8, 4) is 0 Å². The van der Waals surface area contributed by atoms with E-state index >= 15 is 0 Å². The van der Waals surface area contributed by atoms with Crippen LogP contribution in [0.15, 0.2) is 27.2 Å². The Labute approximate surface area is 151 Å². The molecule has 0 fully saturated rings. The molecule has 0 amide bonds. The highest BCUT2D eigenvalue weighted by Crippen LogP contribution is 2.29. The van der Waals surface area contributed by atoms with Crippen LogP contribution in [-0.4, -0.2) is 29.7 Å². The van der Waals surface area contributed by atoms with Gasteiger partial charge in [0.25, 0.3) is 0 Å². The lowest BCUT2D eigenvalue weighted by Crippen LogP contribution is -2.37. The lowest BCUT2D eigenvalue weighted by molar-refractivity contribution is -0.140. The summed E-state index contributed by atoms with van der Waals surface area (Å²) in [5.41, 5.74) is -0.126. The maximum atomic E-state index is 12.4. The zero-order valence-corrected chi connectivity index (χ0v) is 15.2. The van der Waals surface area contributed by atoms with Crippen LogP contribution in [-0.2, 0) is 19.1 Å². The van der Waals surface area contributed by atoms with Crippen LogP contribution in [0.3, 0.4) is 0 Å². The van der Waals surface area contributed by atoms with Gasteiger partial charge in [-0.2, -0.15) is 13.2 Å². The Morgan fingerprint density at radius 3 is 2.74 bits per heavy atom. The predicted octanol–water partition coefficient (Wildman–Crippen LogP) is 2.68. The molecule has 0 radical (unpaired) electrons. The Morgan fingerprint density at radius 2 is 2.17 bits per heavy atom. The molecule has 2 aromatic rings. The van der Waals surface area contributed by atoms with E-state index in [4.69, 9.17) is 4.52 Å². The van der Waals surface area contributed by atoms with Crippen molar-refractivity contribution in [2.45, 2.75) is 19.1 Å². The summed E-state index contributed by atoms with van der Waals surface area (Å²) in [7, 11) is 1.60. The van der Waals surface area contributed by atoms with Crippen molar-refractivity contribution in [1.82, 2.24) is 20.8 Å². The van der Waals surface area contributed by atoms with Gasteiger partial charge in [0.15, 0.2) is 11.7 Å². The summed E-state index contributed by atoms with van der Waals surface area (Å²) < 4.78 is 42.0. The van der Waals surface area contributed by atoms with Gasteiger partial charge in [-0.3, -0.25) is 4.99 Å². The number of thiazole rings is 1. The molecule has 128 valence electrons. The van der Waals surface area contributed by atoms with Gasteiger partial charge in [0.1, 0.15) is 12.0 Å². The van der Waals surface area contributed by atoms with Gasteiger partial charge in [0.2, 0.25) is 0 Å². The largest absolute Gasteiger partial charge is 0.434 e. The van der Waals surface area contributed by atoms with E-state index in [1.54, 1.807) is 13.1 Å². The molecule has 0 aliphatic rings. The van der Waals surface area contributed by atoms with E-state index in [-0.39, 0.29) is 24.0 Å². The van der Waals surface area contributed by atoms with Crippen molar-refractivity contribution < 1.29 is 17.7 Å². The predicted molar refractivity (Wildman–Crippen MR) is 90.9 cm³/mol. The van der Waals surface area contributed by atoms with Gasteiger partial charge in [-0.05, 0) is 0 Å². The van der Waals surface area contributed by atoms with Crippen LogP contribution in [0.1, 0.15) is 16.4 Å². The molecule has 0 bridgehead atoms. The van der Waals surface area contributed by atoms with Crippen molar-refractivity contribution in [1.29, 1.82) is 0 Å². The van der Waals surface area contributed by atoms with E-state index in [0.29, 0.717) is 30.5 Å². The number of aliphatic imine (C=N–C) groups is 1. The summed E-state index contributed by atoms with van der Waals surface area (Å²) in [6, 6.07) is 1.72. The van der Waals surface area contributed by atoms with E-state index in [1.165, 1.54) is 6.26 Å². The van der Waals surface area contributed by atoms with E-state index in [2.05, 4.69) is 25.8 Å². The van der Waals surface area contributed by atoms with Gasteiger partial charge in [-0.15, -0.1) is 35.3 Å². The molecule has 0 aliphatic heterocycles. The maximum absolute atomic E-state index is 12.4. The summed E-state index contributed by atoms with van der Waals surface area (Å²) in [6.07, 6.45) is -2.54. The minimum Gasteiger partial charge on any atom is -0.364 e. The number of aromatic nitrogens is 2. The summed E-state index contributed by atoms with van der Waals surface area (Å²) in [5, 5.41) is 11.2. The molecular weight excluding hydrogens is 446 g/mol. The molecule has 11 heteroatoms. The van der Waals surface area contributed by atoms with Crippen molar-refractivity contribution in [2.75, 3.05) is 13.6 Å². The zero-order chi connectivity index (χ0) is 16.0. The number of alkyl halides is 3. The summed E-state index contributed by atoms with van der Waals surface area (Å²) >= 11 is 0.993. The van der Waals surface area contributed by atoms with Gasteiger partial charge in [-0.1, -0.05) is 5.16 Å². The minimum atomic E-state index is -4.39. The molecular formula is C12H15F3IN5OS. The monoisotopic (exact) mass is 461 g/mol. The summed E-state index contributed by atoms with van der Waals surface area (Å²) in [4.78, 5) is 7.56. The minimum absolute atomic E-state index is 0. The topological polar surface area (TPSA) is 75.3 Å². The number of halogens is 4. The Balaban J connectivity index is 0.00000264. The van der Waals surface area contributed by atoms with Crippen LogP contribution in [0.4, 0.5) is 13.2 Å². The average Bonchev–Trinajstić information content (AvgIpc) is 3.13. The molecule has 2 aromatic heterocycles. The second-order valence-corrected chi connectivity index (χ2v) is 5.16. The molecule has 0 aromatic carbocycles. The van der Waals surface area contributed by atoms with E-state index in [1.807, 2.05) is 0 Å². The lowest BCUT2D eigenvalue weighted by atomic mass is 10.4. The average molecular weight is 461 g/mol. The van der Waals surface area contributed by atoms with Gasteiger partial charge < -0.3 is 15.2 Å². The number of hydrogen-bond acceptors (Lipinski definition) is 5. The molecule has 2 N–H and O–H groups in total. The van der Waals surface area contributed by atoms with E-state index in [9.17, 15) is 13.2 Å². The lowest BCUT2D eigenvalue weighted by Gasteiger charge is -2.09. The third kappa shape index (κ3) is 6.33. The molecule has 6 nitrogen and oxygen atoms in total. The first-order chi connectivity index (χ1) is 10.5. The van der Waals surface area contributed by atoms with Crippen molar-refractivity contribution in [3.05, 3.63) is 34.1 Å². The quantitative estimate of drug-likeness (QED) is 0.407. The first-order valence-corrected chi connectivity index (χ1v) is 7.22. The Morgan fingerprint density at radius 1 is 1.39 bits per heavy atom. The first kappa shape index (κ1) is 19.7. The van der Waals surface area contributed by atoms with Gasteiger partial charge in [0.05, 0.1) is 11.6 Å². The molecule has 0 aliphatic carbocycles. The molecule has 23 heavy (non-hydrogen) atoms. The number of hydrogen-bond donors (Lipinski definition) is 2. The smallest absolute Gasteiger partial charge is 0.364 e. The van der Waals surface area contributed by atoms with Crippen LogP contribution < -0.4 is 10.6 Å². The number of rotatable bonds is 5. The molecule has 0 saturated carbocycles. The maximum Gasteiger partial charge on any atom is 0.434 e. The van der Waals surface area contributed by atoms with E-state index < -0.39 is 11.9 Å². The van der Waals surface area contributed by atoms with Crippen LogP contribution in [0.2, 0.25) is 0 Å². The molecule has 2 rings (SSSR count). The highest BCUT2D eigenvalue weighted by molar-refractivity contribution is 14.0. The summed E-state index contributed by atoms with van der Waals surface area (Å²) in [5.74, 6) is 0.524. The van der Waals surface area contributed by atoms with Crippen LogP contribution in [0, 0.1) is 0 Å². The molecule has 0 saturated heterocycles. The third-order valence-corrected chi connectivity index (χ3v) is 3.53. The molecule has 0 atom stereocenters. The highest BCUT2D eigenvalue weighted by Gasteiger charge is 2.33. The fraction of sp³-hybridized carbons (Fsp3) is 0.417. The first-order valence-electron chi connectivity index (χ1n) is 6.34. The fourth-order valence-electron chi connectivity index (χ4n) is 1.57. The van der Waals surface area contributed by atoms with Crippen molar-refractivity contribution in [3.63, 3.8) is 0 Å². The van der Waals surface area contributed by atoms with E-state index in [0.717, 1.165) is 22.4 Å². The Kier molecular flexibility index (Phi) is 7.75. The molecule has 0 unspecified atom stereocenters. The second-order valence-electron chi connectivity index (χ2n) is 4.22. The Bertz CT molecular complexity index is 614. The standard InChI is InChI=1S/C12H14F3N5OS.HI/c1-16-11(18-6-8-3-5-21-20-8)17-4-2-10-19-9(7-22-10)12(13,14)15;/h3,5,7H,2,4,6H2,1H3,(H2,16,17,18);1H. The molecule has 2 heterocycles. The zero-order valence-electron chi connectivity index (χ0n) is 12.1. The highest BCUT2D eigenvalue weighted by atomic mass is 127. The van der Waals surface area contributed by atoms with Crippen LogP contribution in [0.25, 0.3) is 0 Å². The van der Waals surface area contributed by atoms with Crippen molar-refractivity contribution in [2.24, 2.45) is 4.99 Å². The van der Waals surface area contributed by atoms with Crippen LogP contribution >= 0.6 is 35.3 Å². The number of nitrogens with zero attached hydrogens (tertiary/aromatic N) is 3. The van der Waals surface area contributed by atoms with Gasteiger partial charge in [0, 0.05) is 31.5 Å². The number of guanidine groups is 1. The SMILES string of the molecule is CN=C(NCCc1nc(C(F)(F)F)cs1)NCc1ccon1.I. The fourth-order valence-corrected chi connectivity index (χ4v) is 2.37. The third-order valence-electron chi connectivity index (χ3n) is 2.63. The molecule has 0 spiro atoms. The normalized spacial score (nSPS) is 11.9. The Hall–Kier alpha value is -1.37. The summed E-state index contributed by atoms with van der Waals surface area (Å²) in [6.45, 7) is 0.856. The van der Waals surface area contributed by atoms with Gasteiger partial charge in [-0.25, -0.2) is 4.98 Å². The number of nitrogens with one attached hydrogen (secondary N) is 2. The van der Waals surface area contributed by atoms with Crippen molar-refractivity contribution >= 4 is 41.3 Å². The van der Waals surface area contributed by atoms with Gasteiger partial charge >= 0.3 is 6.18 Å². The van der Waals surface area contributed by atoms with Crippen LogP contribution in [0.5, 0.6) is 0 Å². The second kappa shape index (κ2) is 9.05.